The average molecular weight is 324 g/mol. The molecule has 2 aromatic rings. The van der Waals surface area contributed by atoms with E-state index in [2.05, 4.69) is 5.32 Å². The maximum absolute atomic E-state index is 13.1. The summed E-state index contributed by atoms with van der Waals surface area (Å²) < 4.78 is 31.6. The van der Waals surface area contributed by atoms with Crippen molar-refractivity contribution in [3.8, 4) is 5.75 Å². The Morgan fingerprint density at radius 2 is 2.00 bits per heavy atom. The van der Waals surface area contributed by atoms with Gasteiger partial charge in [0.1, 0.15) is 12.4 Å². The number of carbonyl (C=O) groups is 1. The minimum atomic E-state index is -1.00. The van der Waals surface area contributed by atoms with Crippen LogP contribution in [0.5, 0.6) is 5.75 Å². The van der Waals surface area contributed by atoms with Crippen molar-refractivity contribution in [1.82, 2.24) is 0 Å². The highest BCUT2D eigenvalue weighted by molar-refractivity contribution is 6.30. The van der Waals surface area contributed by atoms with Gasteiger partial charge in [0.2, 0.25) is 5.91 Å². The number of benzene rings is 2. The highest BCUT2D eigenvalue weighted by atomic mass is 35.5. The lowest BCUT2D eigenvalue weighted by Crippen LogP contribution is -2.32. The van der Waals surface area contributed by atoms with Crippen LogP contribution in [0.4, 0.5) is 14.5 Å². The van der Waals surface area contributed by atoms with E-state index in [1.807, 2.05) is 0 Å². The van der Waals surface area contributed by atoms with E-state index in [1.54, 1.807) is 18.2 Å². The topological polar surface area (TPSA) is 38.3 Å². The zero-order chi connectivity index (χ0) is 15.7. The normalized spacial score (nSPS) is 16.6. The van der Waals surface area contributed by atoms with Crippen LogP contribution in [-0.2, 0) is 11.2 Å². The van der Waals surface area contributed by atoms with Crippen molar-refractivity contribution in [3.05, 3.63) is 58.6 Å². The quantitative estimate of drug-likeness (QED) is 0.912. The lowest BCUT2D eigenvalue weighted by Gasteiger charge is -2.24. The minimum absolute atomic E-state index is 0.209. The SMILES string of the molecule is O=C(Nc1ccc(F)c(F)c1)[C@@H]1COc2ccc(Cl)cc2C1. The molecule has 3 rings (SSSR count). The predicted molar refractivity (Wildman–Crippen MR) is 79.1 cm³/mol. The molecule has 3 nitrogen and oxygen atoms in total. The zero-order valence-electron chi connectivity index (χ0n) is 11.4. The molecule has 0 aliphatic carbocycles. The second-order valence-electron chi connectivity index (χ2n) is 5.08. The number of rotatable bonds is 2. The molecule has 0 spiro atoms. The molecule has 1 aliphatic rings. The Morgan fingerprint density at radius 1 is 1.18 bits per heavy atom. The van der Waals surface area contributed by atoms with Gasteiger partial charge >= 0.3 is 0 Å². The monoisotopic (exact) mass is 323 g/mol. The Balaban J connectivity index is 1.72. The third-order valence-electron chi connectivity index (χ3n) is 3.49. The van der Waals surface area contributed by atoms with E-state index in [1.165, 1.54) is 6.07 Å². The van der Waals surface area contributed by atoms with Gasteiger partial charge in [0.15, 0.2) is 11.6 Å². The van der Waals surface area contributed by atoms with Crippen LogP contribution in [0.3, 0.4) is 0 Å². The summed E-state index contributed by atoms with van der Waals surface area (Å²) in [5.74, 6) is -1.98. The molecule has 1 amide bonds. The van der Waals surface area contributed by atoms with Gasteiger partial charge in [0, 0.05) is 16.8 Å². The summed E-state index contributed by atoms with van der Waals surface area (Å²) in [5, 5.41) is 3.14. The van der Waals surface area contributed by atoms with E-state index >= 15 is 0 Å². The van der Waals surface area contributed by atoms with Crippen molar-refractivity contribution >= 4 is 23.2 Å². The number of anilines is 1. The van der Waals surface area contributed by atoms with Crippen LogP contribution in [0.25, 0.3) is 0 Å². The van der Waals surface area contributed by atoms with Crippen molar-refractivity contribution in [2.24, 2.45) is 5.92 Å². The maximum Gasteiger partial charge on any atom is 0.231 e. The molecule has 0 saturated carbocycles. The first-order chi connectivity index (χ1) is 10.5. The van der Waals surface area contributed by atoms with Crippen molar-refractivity contribution in [2.75, 3.05) is 11.9 Å². The first-order valence-electron chi connectivity index (χ1n) is 6.70. The minimum Gasteiger partial charge on any atom is -0.492 e. The van der Waals surface area contributed by atoms with E-state index in [9.17, 15) is 13.6 Å². The average Bonchev–Trinajstić information content (AvgIpc) is 2.50. The number of fused-ring (bicyclic) bond motifs is 1. The molecule has 1 heterocycles. The Morgan fingerprint density at radius 3 is 2.77 bits per heavy atom. The number of nitrogens with one attached hydrogen (secondary N) is 1. The van der Waals surface area contributed by atoms with Crippen LogP contribution in [-0.4, -0.2) is 12.5 Å². The fourth-order valence-electron chi connectivity index (χ4n) is 2.35. The summed E-state index contributed by atoms with van der Waals surface area (Å²) in [4.78, 5) is 12.2. The van der Waals surface area contributed by atoms with Gasteiger partial charge in [0.25, 0.3) is 0 Å². The van der Waals surface area contributed by atoms with Crippen LogP contribution >= 0.6 is 11.6 Å². The Hall–Kier alpha value is -2.14. The number of amides is 1. The Labute approximate surface area is 130 Å². The summed E-state index contributed by atoms with van der Waals surface area (Å²) in [6.45, 7) is 0.226. The molecule has 0 saturated heterocycles. The zero-order valence-corrected chi connectivity index (χ0v) is 12.2. The molecule has 6 heteroatoms. The summed E-state index contributed by atoms with van der Waals surface area (Å²) in [6.07, 6.45) is 0.478. The van der Waals surface area contributed by atoms with Gasteiger partial charge in [-0.05, 0) is 42.3 Å². The number of hydrogen-bond donors (Lipinski definition) is 1. The maximum atomic E-state index is 13.1. The van der Waals surface area contributed by atoms with Crippen LogP contribution in [0.2, 0.25) is 5.02 Å². The lowest BCUT2D eigenvalue weighted by atomic mass is 9.96. The fraction of sp³-hybridized carbons (Fsp3) is 0.188. The summed E-state index contributed by atoms with van der Waals surface area (Å²) in [5.41, 5.74) is 1.06. The largest absolute Gasteiger partial charge is 0.492 e. The number of carbonyl (C=O) groups excluding carboxylic acids is 1. The van der Waals surface area contributed by atoms with Crippen molar-refractivity contribution in [1.29, 1.82) is 0 Å². The smallest absolute Gasteiger partial charge is 0.231 e. The molecule has 0 unspecified atom stereocenters. The van der Waals surface area contributed by atoms with E-state index in [-0.39, 0.29) is 18.2 Å². The van der Waals surface area contributed by atoms with E-state index in [0.29, 0.717) is 17.2 Å². The molecular weight excluding hydrogens is 312 g/mol. The number of hydrogen-bond acceptors (Lipinski definition) is 2. The predicted octanol–water partition coefficient (Wildman–Crippen LogP) is 3.81. The van der Waals surface area contributed by atoms with Gasteiger partial charge < -0.3 is 10.1 Å². The van der Waals surface area contributed by atoms with E-state index in [0.717, 1.165) is 17.7 Å². The third-order valence-corrected chi connectivity index (χ3v) is 3.72. The van der Waals surface area contributed by atoms with Crippen LogP contribution < -0.4 is 10.1 Å². The highest BCUT2D eigenvalue weighted by Gasteiger charge is 2.26. The van der Waals surface area contributed by atoms with E-state index in [4.69, 9.17) is 16.3 Å². The van der Waals surface area contributed by atoms with Gasteiger partial charge in [-0.1, -0.05) is 11.6 Å². The molecule has 22 heavy (non-hydrogen) atoms. The molecule has 1 aliphatic heterocycles. The molecule has 0 bridgehead atoms. The summed E-state index contributed by atoms with van der Waals surface area (Å²) in [6, 6.07) is 8.47. The second kappa shape index (κ2) is 5.93. The van der Waals surface area contributed by atoms with Crippen LogP contribution in [0.1, 0.15) is 5.56 Å². The van der Waals surface area contributed by atoms with Gasteiger partial charge in [0.05, 0.1) is 5.92 Å². The Bertz CT molecular complexity index is 736. The van der Waals surface area contributed by atoms with Gasteiger partial charge in [-0.15, -0.1) is 0 Å². The van der Waals surface area contributed by atoms with Crippen molar-refractivity contribution in [3.63, 3.8) is 0 Å². The van der Waals surface area contributed by atoms with Gasteiger partial charge in [-0.25, -0.2) is 8.78 Å². The first-order valence-corrected chi connectivity index (χ1v) is 7.08. The molecule has 1 atom stereocenters. The molecule has 2 aromatic carbocycles. The molecule has 0 fully saturated rings. The van der Waals surface area contributed by atoms with Gasteiger partial charge in [-0.2, -0.15) is 0 Å². The standard InChI is InChI=1S/C16H12ClF2NO2/c17-11-1-4-15-9(6-11)5-10(8-22-15)16(21)20-12-2-3-13(18)14(19)7-12/h1-4,6-7,10H,5,8H2,(H,20,21)/t10-/m0/s1. The number of ether oxygens (including phenoxy) is 1. The molecule has 0 radical (unpaired) electrons. The van der Waals surface area contributed by atoms with Crippen molar-refractivity contribution < 1.29 is 18.3 Å². The van der Waals surface area contributed by atoms with Crippen molar-refractivity contribution in [2.45, 2.75) is 6.42 Å². The fourth-order valence-corrected chi connectivity index (χ4v) is 2.54. The Kier molecular flexibility index (Phi) is 3.98. The molecule has 0 aromatic heterocycles. The molecule has 1 N–H and O–H groups in total. The van der Waals surface area contributed by atoms with E-state index < -0.39 is 17.6 Å². The lowest BCUT2D eigenvalue weighted by molar-refractivity contribution is -0.121. The van der Waals surface area contributed by atoms with Gasteiger partial charge in [-0.3, -0.25) is 4.79 Å². The highest BCUT2D eigenvalue weighted by Crippen LogP contribution is 2.30. The number of halogens is 3. The summed E-state index contributed by atoms with van der Waals surface area (Å²) in [7, 11) is 0. The molecule has 114 valence electrons. The van der Waals surface area contributed by atoms with Crippen LogP contribution in [0, 0.1) is 17.6 Å². The molecular formula is C16H12ClF2NO2. The first kappa shape index (κ1) is 14.8. The van der Waals surface area contributed by atoms with Crippen LogP contribution in [0.15, 0.2) is 36.4 Å². The second-order valence-corrected chi connectivity index (χ2v) is 5.52. The summed E-state index contributed by atoms with van der Waals surface area (Å²) >= 11 is 5.93. The third kappa shape index (κ3) is 3.04.